The van der Waals surface area contributed by atoms with Crippen molar-refractivity contribution in [1.29, 1.82) is 0 Å². The summed E-state index contributed by atoms with van der Waals surface area (Å²) in [6.07, 6.45) is 10.7. The highest BCUT2D eigenvalue weighted by Crippen LogP contribution is 2.07. The molecule has 0 aliphatic heterocycles. The highest BCUT2D eigenvalue weighted by molar-refractivity contribution is 5.74. The van der Waals surface area contributed by atoms with E-state index in [2.05, 4.69) is 56.4 Å². The smallest absolute Gasteiger partial charge is 0.270 e. The third kappa shape index (κ3) is 8.44. The molecule has 3 nitrogen and oxygen atoms in total. The summed E-state index contributed by atoms with van der Waals surface area (Å²) in [5, 5.41) is 0. The van der Waals surface area contributed by atoms with Crippen molar-refractivity contribution < 1.29 is 4.58 Å². The second kappa shape index (κ2) is 12.0. The molecule has 0 fully saturated rings. The zero-order chi connectivity index (χ0) is 15.4. The Morgan fingerprint density at radius 2 is 1.20 bits per heavy atom. The minimum atomic E-state index is 1.19. The highest BCUT2D eigenvalue weighted by Gasteiger charge is 2.21. The van der Waals surface area contributed by atoms with E-state index in [1.807, 2.05) is 0 Å². The molecule has 0 atom stereocenters. The number of nitrogens with zero attached hydrogens (tertiary/aromatic N) is 3. The first-order chi connectivity index (χ1) is 9.54. The molecule has 0 radical (unpaired) electrons. The van der Waals surface area contributed by atoms with E-state index in [0.717, 1.165) is 0 Å². The zero-order valence-corrected chi connectivity index (χ0v) is 14.9. The van der Waals surface area contributed by atoms with Gasteiger partial charge in [-0.25, -0.2) is 0 Å². The van der Waals surface area contributed by atoms with Crippen LogP contribution in [0.5, 0.6) is 0 Å². The van der Waals surface area contributed by atoms with Gasteiger partial charge in [-0.1, -0.05) is 52.4 Å². The molecule has 0 amide bonds. The molecule has 120 valence electrons. The van der Waals surface area contributed by atoms with Gasteiger partial charge in [-0.3, -0.25) is 14.4 Å². The first-order valence-corrected chi connectivity index (χ1v) is 8.51. The van der Waals surface area contributed by atoms with Crippen LogP contribution in [0.25, 0.3) is 0 Å². The van der Waals surface area contributed by atoms with Gasteiger partial charge >= 0.3 is 5.96 Å². The Bertz CT molecular complexity index is 243. The predicted octanol–water partition coefficient (Wildman–Crippen LogP) is 3.64. The van der Waals surface area contributed by atoms with E-state index in [9.17, 15) is 0 Å². The standard InChI is InChI=1S/C17H38N3/c1-7-9-11-13-15-20(16-14-12-10-8-2)17(18(3)4)19(5)6/h7-16H2,1-6H3/q+1. The molecule has 0 heterocycles. The van der Waals surface area contributed by atoms with Crippen LogP contribution < -0.4 is 0 Å². The molecule has 0 aromatic heterocycles. The van der Waals surface area contributed by atoms with Crippen molar-refractivity contribution in [3.8, 4) is 0 Å². The molecule has 0 saturated carbocycles. The first-order valence-electron chi connectivity index (χ1n) is 8.51. The van der Waals surface area contributed by atoms with Crippen LogP contribution >= 0.6 is 0 Å². The lowest BCUT2D eigenvalue weighted by molar-refractivity contribution is -0.476. The van der Waals surface area contributed by atoms with E-state index in [4.69, 9.17) is 0 Å². The maximum atomic E-state index is 2.57. The molecular formula is C17H38N3+. The van der Waals surface area contributed by atoms with Crippen molar-refractivity contribution in [2.45, 2.75) is 65.2 Å². The van der Waals surface area contributed by atoms with Crippen molar-refractivity contribution in [2.75, 3.05) is 41.3 Å². The first kappa shape index (κ1) is 19.3. The summed E-state index contributed by atoms with van der Waals surface area (Å²) < 4.78 is 2.25. The molecular weight excluding hydrogens is 246 g/mol. The lowest BCUT2D eigenvalue weighted by Crippen LogP contribution is -2.46. The van der Waals surface area contributed by atoms with Gasteiger partial charge in [0, 0.05) is 0 Å². The second-order valence-electron chi connectivity index (χ2n) is 6.20. The van der Waals surface area contributed by atoms with E-state index in [1.165, 1.54) is 70.4 Å². The fraction of sp³-hybridized carbons (Fsp3) is 0.941. The van der Waals surface area contributed by atoms with Gasteiger partial charge in [-0.15, -0.1) is 0 Å². The Labute approximate surface area is 127 Å². The third-order valence-corrected chi connectivity index (χ3v) is 3.65. The number of rotatable bonds is 10. The van der Waals surface area contributed by atoms with Crippen molar-refractivity contribution in [3.63, 3.8) is 0 Å². The monoisotopic (exact) mass is 284 g/mol. The Hall–Kier alpha value is -0.730. The van der Waals surface area contributed by atoms with Gasteiger partial charge in [-0.2, -0.15) is 0 Å². The lowest BCUT2D eigenvalue weighted by atomic mass is 10.1. The molecule has 0 aromatic carbocycles. The van der Waals surface area contributed by atoms with E-state index in [0.29, 0.717) is 0 Å². The van der Waals surface area contributed by atoms with Gasteiger partial charge < -0.3 is 0 Å². The van der Waals surface area contributed by atoms with Gasteiger partial charge in [0.05, 0.1) is 41.3 Å². The zero-order valence-electron chi connectivity index (χ0n) is 14.9. The van der Waals surface area contributed by atoms with Crippen LogP contribution in [0, 0.1) is 0 Å². The molecule has 0 N–H and O–H groups in total. The summed E-state index contributed by atoms with van der Waals surface area (Å²) in [5.41, 5.74) is 0. The minimum Gasteiger partial charge on any atom is -0.270 e. The molecule has 0 saturated heterocycles. The van der Waals surface area contributed by atoms with Crippen LogP contribution in [0.3, 0.4) is 0 Å². The van der Waals surface area contributed by atoms with Crippen LogP contribution in [0.2, 0.25) is 0 Å². The SMILES string of the molecule is CCCCCCN(CCCCCC)C(N(C)C)=[N+](C)C. The quantitative estimate of drug-likeness (QED) is 0.262. The van der Waals surface area contributed by atoms with Crippen molar-refractivity contribution >= 4 is 5.96 Å². The summed E-state index contributed by atoms with van der Waals surface area (Å²) in [7, 11) is 8.61. The maximum Gasteiger partial charge on any atom is 0.349 e. The molecule has 0 aromatic rings. The summed E-state index contributed by atoms with van der Waals surface area (Å²) >= 11 is 0. The fourth-order valence-corrected chi connectivity index (χ4v) is 2.74. The van der Waals surface area contributed by atoms with Crippen LogP contribution in [-0.4, -0.2) is 61.6 Å². The minimum absolute atomic E-state index is 1.19. The molecule has 0 rings (SSSR count). The average Bonchev–Trinajstić information content (AvgIpc) is 2.38. The molecule has 0 spiro atoms. The van der Waals surface area contributed by atoms with E-state index >= 15 is 0 Å². The summed E-state index contributed by atoms with van der Waals surface area (Å²) in [6, 6.07) is 0. The summed E-state index contributed by atoms with van der Waals surface area (Å²) in [6.45, 7) is 6.94. The molecule has 0 aliphatic rings. The topological polar surface area (TPSA) is 9.49 Å². The van der Waals surface area contributed by atoms with Crippen molar-refractivity contribution in [3.05, 3.63) is 0 Å². The molecule has 0 bridgehead atoms. The second-order valence-corrected chi connectivity index (χ2v) is 6.20. The maximum absolute atomic E-state index is 2.57. The van der Waals surface area contributed by atoms with Crippen LogP contribution in [0.4, 0.5) is 0 Å². The summed E-state index contributed by atoms with van der Waals surface area (Å²) in [5.74, 6) is 1.35. The van der Waals surface area contributed by atoms with Gasteiger partial charge in [0.2, 0.25) is 0 Å². The Kier molecular flexibility index (Phi) is 11.6. The largest absolute Gasteiger partial charge is 0.349 e. The van der Waals surface area contributed by atoms with Gasteiger partial charge in [0.1, 0.15) is 0 Å². The Morgan fingerprint density at radius 3 is 1.50 bits per heavy atom. The van der Waals surface area contributed by atoms with Crippen LogP contribution in [0.15, 0.2) is 0 Å². The van der Waals surface area contributed by atoms with Crippen molar-refractivity contribution in [2.24, 2.45) is 0 Å². The van der Waals surface area contributed by atoms with Crippen molar-refractivity contribution in [1.82, 2.24) is 9.80 Å². The Balaban J connectivity index is 4.47. The molecule has 0 unspecified atom stereocenters. The lowest BCUT2D eigenvalue weighted by Gasteiger charge is -2.25. The number of hydrogen-bond donors (Lipinski definition) is 0. The third-order valence-electron chi connectivity index (χ3n) is 3.65. The van der Waals surface area contributed by atoms with Crippen LogP contribution in [0.1, 0.15) is 65.2 Å². The van der Waals surface area contributed by atoms with Crippen LogP contribution in [-0.2, 0) is 0 Å². The number of guanidine groups is 1. The predicted molar refractivity (Wildman–Crippen MR) is 90.7 cm³/mol. The highest BCUT2D eigenvalue weighted by atomic mass is 15.4. The van der Waals surface area contributed by atoms with E-state index in [-0.39, 0.29) is 0 Å². The van der Waals surface area contributed by atoms with E-state index < -0.39 is 0 Å². The summed E-state index contributed by atoms with van der Waals surface area (Å²) in [4.78, 5) is 4.82. The fourth-order valence-electron chi connectivity index (χ4n) is 2.74. The van der Waals surface area contributed by atoms with Gasteiger partial charge in [0.25, 0.3) is 0 Å². The van der Waals surface area contributed by atoms with E-state index in [1.54, 1.807) is 0 Å². The molecule has 0 aliphatic carbocycles. The van der Waals surface area contributed by atoms with Gasteiger partial charge in [0.15, 0.2) is 0 Å². The average molecular weight is 285 g/mol. The number of unbranched alkanes of at least 4 members (excludes halogenated alkanes) is 6. The molecule has 3 heteroatoms. The number of hydrogen-bond acceptors (Lipinski definition) is 0. The Morgan fingerprint density at radius 1 is 0.750 bits per heavy atom. The van der Waals surface area contributed by atoms with Gasteiger partial charge in [-0.05, 0) is 12.8 Å². The normalized spacial score (nSPS) is 10.5. The molecule has 20 heavy (non-hydrogen) atoms.